The summed E-state index contributed by atoms with van der Waals surface area (Å²) in [5, 5.41) is 6.34. The fourth-order valence-electron chi connectivity index (χ4n) is 1.30. The maximum absolute atomic E-state index is 11.9. The first-order valence-electron chi connectivity index (χ1n) is 4.75. The fraction of sp³-hybridized carbons (Fsp3) is 0.0909. The lowest BCUT2D eigenvalue weighted by Crippen LogP contribution is -2.12. The highest BCUT2D eigenvalue weighted by Crippen LogP contribution is 2.21. The molecule has 0 saturated carbocycles. The van der Waals surface area contributed by atoms with Gasteiger partial charge in [-0.2, -0.15) is 0 Å². The number of carbonyl (C=O) groups excluding carboxylic acids is 1. The van der Waals surface area contributed by atoms with E-state index in [1.807, 2.05) is 6.07 Å². The predicted molar refractivity (Wildman–Crippen MR) is 71.0 cm³/mol. The molecule has 0 aliphatic carbocycles. The van der Waals surface area contributed by atoms with Gasteiger partial charge in [0.15, 0.2) is 5.82 Å². The Hall–Kier alpha value is -1.14. The molecule has 0 unspecified atom stereocenters. The normalized spacial score (nSPS) is 10.3. The number of carbonyl (C=O) groups is 1. The number of rotatable bonds is 2. The molecule has 6 heteroatoms. The summed E-state index contributed by atoms with van der Waals surface area (Å²) in [7, 11) is 0. The minimum Gasteiger partial charge on any atom is -0.360 e. The number of halogens is 2. The van der Waals surface area contributed by atoms with Gasteiger partial charge in [-0.3, -0.25) is 4.79 Å². The van der Waals surface area contributed by atoms with Crippen LogP contribution < -0.4 is 5.32 Å². The lowest BCUT2D eigenvalue weighted by Gasteiger charge is -2.02. The monoisotopic (exact) mass is 358 g/mol. The van der Waals surface area contributed by atoms with Crippen LogP contribution in [0.2, 0.25) is 0 Å². The maximum Gasteiger partial charge on any atom is 0.256 e. The Bertz CT molecular complexity index is 546. The average Bonchev–Trinajstić information content (AvgIpc) is 2.62. The molecule has 1 heterocycles. The van der Waals surface area contributed by atoms with Crippen LogP contribution in [0, 0.1) is 6.92 Å². The van der Waals surface area contributed by atoms with Gasteiger partial charge < -0.3 is 9.84 Å². The third-order valence-corrected chi connectivity index (χ3v) is 2.91. The molecular formula is C11H8Br2N2O2. The molecule has 88 valence electrons. The van der Waals surface area contributed by atoms with Gasteiger partial charge in [0.1, 0.15) is 5.76 Å². The van der Waals surface area contributed by atoms with Crippen molar-refractivity contribution in [2.45, 2.75) is 6.92 Å². The van der Waals surface area contributed by atoms with Crippen molar-refractivity contribution in [2.24, 2.45) is 0 Å². The van der Waals surface area contributed by atoms with Crippen LogP contribution >= 0.6 is 31.9 Å². The van der Waals surface area contributed by atoms with Gasteiger partial charge in [0.25, 0.3) is 5.91 Å². The molecule has 0 saturated heterocycles. The Balaban J connectivity index is 2.19. The zero-order valence-electron chi connectivity index (χ0n) is 8.83. The van der Waals surface area contributed by atoms with Gasteiger partial charge in [0.05, 0.1) is 0 Å². The van der Waals surface area contributed by atoms with Crippen LogP contribution in [0.15, 0.2) is 37.7 Å². The summed E-state index contributed by atoms with van der Waals surface area (Å²) < 4.78 is 6.52. The molecule has 1 aromatic heterocycles. The number of aryl methyl sites for hydroxylation is 1. The molecule has 17 heavy (non-hydrogen) atoms. The molecule has 2 rings (SSSR count). The van der Waals surface area contributed by atoms with Gasteiger partial charge >= 0.3 is 0 Å². The van der Waals surface area contributed by atoms with E-state index in [9.17, 15) is 4.79 Å². The number of anilines is 1. The van der Waals surface area contributed by atoms with Crippen molar-refractivity contribution in [3.63, 3.8) is 0 Å². The van der Waals surface area contributed by atoms with Crippen molar-refractivity contribution >= 4 is 43.6 Å². The number of benzene rings is 1. The van der Waals surface area contributed by atoms with Gasteiger partial charge in [-0.25, -0.2) is 0 Å². The van der Waals surface area contributed by atoms with Crippen LogP contribution in [-0.4, -0.2) is 11.1 Å². The largest absolute Gasteiger partial charge is 0.360 e. The second-order valence-electron chi connectivity index (χ2n) is 3.44. The van der Waals surface area contributed by atoms with Crippen molar-refractivity contribution in [3.8, 4) is 0 Å². The second kappa shape index (κ2) is 5.01. The van der Waals surface area contributed by atoms with Crippen molar-refractivity contribution in [1.82, 2.24) is 5.16 Å². The second-order valence-corrected chi connectivity index (χ2v) is 5.27. The highest BCUT2D eigenvalue weighted by Gasteiger charge is 2.10. The third kappa shape index (κ3) is 3.17. The van der Waals surface area contributed by atoms with E-state index < -0.39 is 0 Å². The third-order valence-electron chi connectivity index (χ3n) is 1.99. The van der Waals surface area contributed by atoms with Crippen LogP contribution in [0.25, 0.3) is 0 Å². The van der Waals surface area contributed by atoms with Crippen LogP contribution in [0.1, 0.15) is 16.1 Å². The molecular weight excluding hydrogens is 352 g/mol. The Morgan fingerprint density at radius 3 is 2.41 bits per heavy atom. The van der Waals surface area contributed by atoms with Crippen molar-refractivity contribution in [2.75, 3.05) is 5.32 Å². The number of hydrogen-bond acceptors (Lipinski definition) is 3. The van der Waals surface area contributed by atoms with Crippen molar-refractivity contribution in [1.29, 1.82) is 0 Å². The molecule has 1 amide bonds. The van der Waals surface area contributed by atoms with E-state index in [1.165, 1.54) is 0 Å². The van der Waals surface area contributed by atoms with E-state index in [1.54, 1.807) is 25.1 Å². The minimum absolute atomic E-state index is 0.236. The molecule has 4 nitrogen and oxygen atoms in total. The SMILES string of the molecule is Cc1cc(NC(=O)c2cc(Br)cc(Br)c2)no1. The molecule has 1 N–H and O–H groups in total. The predicted octanol–water partition coefficient (Wildman–Crippen LogP) is 3.76. The average molecular weight is 360 g/mol. The van der Waals surface area contributed by atoms with E-state index in [4.69, 9.17) is 4.52 Å². The molecule has 0 spiro atoms. The summed E-state index contributed by atoms with van der Waals surface area (Å²) in [6, 6.07) is 6.97. The fourth-order valence-corrected chi connectivity index (χ4v) is 2.59. The number of nitrogens with one attached hydrogen (secondary N) is 1. The number of nitrogens with zero attached hydrogens (tertiary/aromatic N) is 1. The van der Waals surface area contributed by atoms with E-state index in [0.29, 0.717) is 17.1 Å². The minimum atomic E-state index is -0.236. The summed E-state index contributed by atoms with van der Waals surface area (Å²) in [6.45, 7) is 1.76. The van der Waals surface area contributed by atoms with E-state index >= 15 is 0 Å². The standard InChI is InChI=1S/C11H8Br2N2O2/c1-6-2-10(15-17-6)14-11(16)7-3-8(12)5-9(13)4-7/h2-5H,1H3,(H,14,15,16). The first kappa shape index (κ1) is 12.3. The summed E-state index contributed by atoms with van der Waals surface area (Å²) in [4.78, 5) is 11.9. The summed E-state index contributed by atoms with van der Waals surface area (Å²) in [6.07, 6.45) is 0. The van der Waals surface area contributed by atoms with Crippen molar-refractivity contribution < 1.29 is 9.32 Å². The highest BCUT2D eigenvalue weighted by atomic mass is 79.9. The molecule has 0 atom stereocenters. The lowest BCUT2D eigenvalue weighted by atomic mass is 10.2. The zero-order valence-corrected chi connectivity index (χ0v) is 12.0. The number of aromatic nitrogens is 1. The molecule has 0 aliphatic heterocycles. The van der Waals surface area contributed by atoms with E-state index in [2.05, 4.69) is 42.3 Å². The van der Waals surface area contributed by atoms with Gasteiger partial charge in [-0.1, -0.05) is 37.0 Å². The summed E-state index contributed by atoms with van der Waals surface area (Å²) in [5.41, 5.74) is 0.534. The van der Waals surface area contributed by atoms with Gasteiger partial charge in [-0.05, 0) is 25.1 Å². The smallest absolute Gasteiger partial charge is 0.256 e. The Morgan fingerprint density at radius 2 is 1.88 bits per heavy atom. The number of amides is 1. The van der Waals surface area contributed by atoms with Crippen LogP contribution in [0.4, 0.5) is 5.82 Å². The summed E-state index contributed by atoms with van der Waals surface area (Å²) in [5.74, 6) is 0.819. The van der Waals surface area contributed by atoms with E-state index in [-0.39, 0.29) is 5.91 Å². The zero-order chi connectivity index (χ0) is 12.4. The topological polar surface area (TPSA) is 55.1 Å². The molecule has 0 aliphatic rings. The summed E-state index contributed by atoms with van der Waals surface area (Å²) >= 11 is 6.65. The number of hydrogen-bond donors (Lipinski definition) is 1. The first-order chi connectivity index (χ1) is 8.04. The molecule has 0 radical (unpaired) electrons. The van der Waals surface area contributed by atoms with Crippen LogP contribution in [0.5, 0.6) is 0 Å². The Kier molecular flexibility index (Phi) is 3.63. The van der Waals surface area contributed by atoms with Gasteiger partial charge in [0.2, 0.25) is 0 Å². The van der Waals surface area contributed by atoms with Crippen LogP contribution in [-0.2, 0) is 0 Å². The quantitative estimate of drug-likeness (QED) is 0.888. The van der Waals surface area contributed by atoms with Gasteiger partial charge in [-0.15, -0.1) is 0 Å². The Morgan fingerprint density at radius 1 is 1.24 bits per heavy atom. The molecule has 0 bridgehead atoms. The van der Waals surface area contributed by atoms with Crippen molar-refractivity contribution in [3.05, 3.63) is 44.5 Å². The first-order valence-corrected chi connectivity index (χ1v) is 6.34. The molecule has 0 fully saturated rings. The maximum atomic E-state index is 11.9. The molecule has 2 aromatic rings. The van der Waals surface area contributed by atoms with Crippen LogP contribution in [0.3, 0.4) is 0 Å². The van der Waals surface area contributed by atoms with E-state index in [0.717, 1.165) is 8.95 Å². The Labute approximate surface area is 115 Å². The molecule has 1 aromatic carbocycles. The highest BCUT2D eigenvalue weighted by molar-refractivity contribution is 9.11. The van der Waals surface area contributed by atoms with Gasteiger partial charge in [0, 0.05) is 20.6 Å². The lowest BCUT2D eigenvalue weighted by molar-refractivity contribution is 0.102.